The quantitative estimate of drug-likeness (QED) is 0.756. The molecule has 0 spiro atoms. The smallest absolute Gasteiger partial charge is 0.242 e. The van der Waals surface area contributed by atoms with Crippen molar-refractivity contribution in [2.45, 2.75) is 44.7 Å². The summed E-state index contributed by atoms with van der Waals surface area (Å²) in [4.78, 5) is 14.6. The zero-order chi connectivity index (χ0) is 11.6. The van der Waals surface area contributed by atoms with Crippen LogP contribution in [0.4, 0.5) is 0 Å². The van der Waals surface area contributed by atoms with Gasteiger partial charge < -0.3 is 10.2 Å². The van der Waals surface area contributed by atoms with Crippen LogP contribution in [0.2, 0.25) is 0 Å². The molecule has 0 aromatic heterocycles. The van der Waals surface area contributed by atoms with Gasteiger partial charge in [0.15, 0.2) is 0 Å². The molecule has 4 heteroatoms. The second-order valence-electron chi connectivity index (χ2n) is 5.14. The summed E-state index contributed by atoms with van der Waals surface area (Å²) in [6, 6.07) is 0.395. The Hall–Kier alpha value is -0.220. The van der Waals surface area contributed by atoms with Gasteiger partial charge in [-0.15, -0.1) is 0 Å². The second-order valence-corrected chi connectivity index (χ2v) is 6.29. The molecule has 2 aliphatic heterocycles. The lowest BCUT2D eigenvalue weighted by molar-refractivity contribution is -0.140. The number of hydrogen-bond donors (Lipinski definition) is 1. The van der Waals surface area contributed by atoms with Crippen LogP contribution in [0.3, 0.4) is 0 Å². The van der Waals surface area contributed by atoms with Gasteiger partial charge in [-0.25, -0.2) is 0 Å². The van der Waals surface area contributed by atoms with Crippen molar-refractivity contribution < 1.29 is 4.79 Å². The van der Waals surface area contributed by atoms with Gasteiger partial charge in [0.1, 0.15) is 0 Å². The van der Waals surface area contributed by atoms with E-state index in [1.807, 2.05) is 11.8 Å². The molecule has 1 amide bonds. The van der Waals surface area contributed by atoms with Gasteiger partial charge in [-0.05, 0) is 39.7 Å². The van der Waals surface area contributed by atoms with Gasteiger partial charge in [0.2, 0.25) is 5.91 Å². The van der Waals surface area contributed by atoms with Crippen molar-refractivity contribution >= 4 is 17.7 Å². The van der Waals surface area contributed by atoms with Crippen molar-refractivity contribution in [3.63, 3.8) is 0 Å². The molecule has 0 radical (unpaired) electrons. The molecule has 2 fully saturated rings. The van der Waals surface area contributed by atoms with Gasteiger partial charge in [0.05, 0.1) is 5.54 Å². The molecule has 0 saturated carbocycles. The van der Waals surface area contributed by atoms with Gasteiger partial charge in [-0.1, -0.05) is 0 Å². The summed E-state index contributed by atoms with van der Waals surface area (Å²) >= 11 is 1.96. The Balaban J connectivity index is 2.04. The standard InChI is InChI=1S/C12H22N2OS/c1-10-9-16-8-7-14(10)11(15)12(2)5-3-4-6-13-12/h10,13H,3-9H2,1-2H3. The Morgan fingerprint density at radius 1 is 1.50 bits per heavy atom. The maximum absolute atomic E-state index is 12.5. The molecule has 3 nitrogen and oxygen atoms in total. The Morgan fingerprint density at radius 3 is 2.94 bits per heavy atom. The maximum atomic E-state index is 12.5. The molecule has 2 saturated heterocycles. The van der Waals surface area contributed by atoms with Crippen molar-refractivity contribution in [2.75, 3.05) is 24.6 Å². The summed E-state index contributed by atoms with van der Waals surface area (Å²) in [5.74, 6) is 2.49. The monoisotopic (exact) mass is 242 g/mol. The number of rotatable bonds is 1. The largest absolute Gasteiger partial charge is 0.337 e. The molecule has 16 heavy (non-hydrogen) atoms. The number of piperidine rings is 1. The van der Waals surface area contributed by atoms with Crippen molar-refractivity contribution in [3.05, 3.63) is 0 Å². The Bertz CT molecular complexity index is 264. The summed E-state index contributed by atoms with van der Waals surface area (Å²) in [6.07, 6.45) is 3.36. The van der Waals surface area contributed by atoms with E-state index in [0.717, 1.165) is 31.0 Å². The van der Waals surface area contributed by atoms with E-state index in [1.165, 1.54) is 12.8 Å². The minimum atomic E-state index is -0.297. The van der Waals surface area contributed by atoms with Gasteiger partial charge in [0.25, 0.3) is 0 Å². The summed E-state index contributed by atoms with van der Waals surface area (Å²) in [7, 11) is 0. The number of carbonyl (C=O) groups excluding carboxylic acids is 1. The molecule has 2 unspecified atom stereocenters. The van der Waals surface area contributed by atoms with E-state index in [2.05, 4.69) is 24.1 Å². The first-order valence-corrected chi connectivity index (χ1v) is 7.43. The first kappa shape index (κ1) is 12.2. The molecule has 0 aromatic rings. The first-order valence-electron chi connectivity index (χ1n) is 6.27. The highest BCUT2D eigenvalue weighted by atomic mass is 32.2. The number of amides is 1. The minimum Gasteiger partial charge on any atom is -0.337 e. The topological polar surface area (TPSA) is 32.3 Å². The highest BCUT2D eigenvalue weighted by Crippen LogP contribution is 2.25. The zero-order valence-electron chi connectivity index (χ0n) is 10.3. The SMILES string of the molecule is CC1CSCCN1C(=O)C1(C)CCCCN1. The molecule has 1 N–H and O–H groups in total. The molecular weight excluding hydrogens is 220 g/mol. The summed E-state index contributed by atoms with van der Waals surface area (Å²) in [5, 5.41) is 3.42. The van der Waals surface area contributed by atoms with E-state index in [1.54, 1.807) is 0 Å². The molecular formula is C12H22N2OS. The predicted molar refractivity (Wildman–Crippen MR) is 68.8 cm³/mol. The van der Waals surface area contributed by atoms with Crippen molar-refractivity contribution in [3.8, 4) is 0 Å². The molecule has 2 rings (SSSR count). The number of thioether (sulfide) groups is 1. The highest BCUT2D eigenvalue weighted by molar-refractivity contribution is 7.99. The molecule has 2 atom stereocenters. The third-order valence-corrected chi connectivity index (χ3v) is 4.91. The first-order chi connectivity index (χ1) is 7.63. The Labute approximate surface area is 102 Å². The summed E-state index contributed by atoms with van der Waals surface area (Å²) < 4.78 is 0. The van der Waals surface area contributed by atoms with Gasteiger partial charge in [-0.2, -0.15) is 11.8 Å². The van der Waals surface area contributed by atoms with E-state index in [4.69, 9.17) is 0 Å². The van der Waals surface area contributed by atoms with Crippen LogP contribution in [0.5, 0.6) is 0 Å². The second kappa shape index (κ2) is 4.96. The summed E-state index contributed by atoms with van der Waals surface area (Å²) in [5.41, 5.74) is -0.297. The predicted octanol–water partition coefficient (Wildman–Crippen LogP) is 1.48. The average Bonchev–Trinajstić information content (AvgIpc) is 2.30. The normalized spacial score (nSPS) is 36.1. The third-order valence-electron chi connectivity index (χ3n) is 3.72. The third kappa shape index (κ3) is 2.38. The van der Waals surface area contributed by atoms with E-state index in [-0.39, 0.29) is 5.54 Å². The average molecular weight is 242 g/mol. The molecule has 2 aliphatic rings. The van der Waals surface area contributed by atoms with E-state index < -0.39 is 0 Å². The van der Waals surface area contributed by atoms with Crippen LogP contribution in [0.25, 0.3) is 0 Å². The number of nitrogens with zero attached hydrogens (tertiary/aromatic N) is 1. The van der Waals surface area contributed by atoms with Gasteiger partial charge in [-0.3, -0.25) is 4.79 Å². The lowest BCUT2D eigenvalue weighted by Crippen LogP contribution is -2.61. The van der Waals surface area contributed by atoms with Crippen molar-refractivity contribution in [1.29, 1.82) is 0 Å². The highest BCUT2D eigenvalue weighted by Gasteiger charge is 2.39. The number of hydrogen-bond acceptors (Lipinski definition) is 3. The molecule has 92 valence electrons. The molecule has 2 heterocycles. The number of nitrogens with one attached hydrogen (secondary N) is 1. The maximum Gasteiger partial charge on any atom is 0.242 e. The van der Waals surface area contributed by atoms with Crippen molar-refractivity contribution in [2.24, 2.45) is 0 Å². The Morgan fingerprint density at radius 2 is 2.31 bits per heavy atom. The van der Waals surface area contributed by atoms with Crippen LogP contribution >= 0.6 is 11.8 Å². The number of carbonyl (C=O) groups is 1. The lowest BCUT2D eigenvalue weighted by atomic mass is 9.89. The van der Waals surface area contributed by atoms with Gasteiger partial charge in [0, 0.05) is 24.1 Å². The fourth-order valence-electron chi connectivity index (χ4n) is 2.58. The van der Waals surface area contributed by atoms with Crippen LogP contribution in [0, 0.1) is 0 Å². The Kier molecular flexibility index (Phi) is 3.80. The van der Waals surface area contributed by atoms with E-state index >= 15 is 0 Å². The van der Waals surface area contributed by atoms with Crippen molar-refractivity contribution in [1.82, 2.24) is 10.2 Å². The van der Waals surface area contributed by atoms with Crippen LogP contribution in [0.15, 0.2) is 0 Å². The van der Waals surface area contributed by atoms with Crippen LogP contribution in [-0.2, 0) is 4.79 Å². The van der Waals surface area contributed by atoms with E-state index in [9.17, 15) is 4.79 Å². The lowest BCUT2D eigenvalue weighted by Gasteiger charge is -2.42. The molecule has 0 aromatic carbocycles. The minimum absolute atomic E-state index is 0.297. The fourth-order valence-corrected chi connectivity index (χ4v) is 3.60. The zero-order valence-corrected chi connectivity index (χ0v) is 11.1. The van der Waals surface area contributed by atoms with Crippen LogP contribution < -0.4 is 5.32 Å². The van der Waals surface area contributed by atoms with Crippen LogP contribution in [-0.4, -0.2) is 47.0 Å². The molecule has 0 aliphatic carbocycles. The van der Waals surface area contributed by atoms with Crippen LogP contribution in [0.1, 0.15) is 33.1 Å². The summed E-state index contributed by atoms with van der Waals surface area (Å²) in [6.45, 7) is 6.14. The molecule has 0 bridgehead atoms. The van der Waals surface area contributed by atoms with E-state index in [0.29, 0.717) is 11.9 Å². The van der Waals surface area contributed by atoms with Gasteiger partial charge >= 0.3 is 0 Å². The fraction of sp³-hybridized carbons (Fsp3) is 0.917.